The highest BCUT2D eigenvalue weighted by Gasteiger charge is 2.09. The lowest BCUT2D eigenvalue weighted by atomic mass is 10.0. The van der Waals surface area contributed by atoms with Crippen LogP contribution in [0.1, 0.15) is 57.6 Å². The third-order valence-corrected chi connectivity index (χ3v) is 3.80. The first-order chi connectivity index (χ1) is 10.9. The number of hydrogen-bond acceptors (Lipinski definition) is 2. The third-order valence-electron chi connectivity index (χ3n) is 3.80. The normalized spacial score (nSPS) is 11.1. The van der Waals surface area contributed by atoms with Crippen LogP contribution in [-0.4, -0.2) is 10.2 Å². The Labute approximate surface area is 140 Å². The van der Waals surface area contributed by atoms with E-state index in [2.05, 4.69) is 38.8 Å². The largest absolute Gasteiger partial charge is 0.508 e. The van der Waals surface area contributed by atoms with E-state index >= 15 is 0 Å². The first kappa shape index (κ1) is 18.9. The number of aryl methyl sites for hydroxylation is 1. The fourth-order valence-electron chi connectivity index (χ4n) is 2.41. The Kier molecular flexibility index (Phi) is 8.05. The van der Waals surface area contributed by atoms with Gasteiger partial charge in [-0.2, -0.15) is 0 Å². The van der Waals surface area contributed by atoms with Crippen molar-refractivity contribution in [2.45, 2.75) is 59.3 Å². The van der Waals surface area contributed by atoms with E-state index in [1.807, 2.05) is 0 Å². The van der Waals surface area contributed by atoms with Crippen LogP contribution in [0.15, 0.2) is 35.4 Å². The van der Waals surface area contributed by atoms with E-state index in [1.165, 1.54) is 11.1 Å². The molecule has 0 aliphatic carbocycles. The van der Waals surface area contributed by atoms with Crippen molar-refractivity contribution in [1.29, 1.82) is 0 Å². The molecule has 0 atom stereocenters. The summed E-state index contributed by atoms with van der Waals surface area (Å²) >= 11 is 0. The molecule has 0 fully saturated rings. The van der Waals surface area contributed by atoms with E-state index in [4.69, 9.17) is 6.42 Å². The average molecular weight is 312 g/mol. The molecule has 1 aromatic carbocycles. The Morgan fingerprint density at radius 1 is 1.13 bits per heavy atom. The lowest BCUT2D eigenvalue weighted by Gasteiger charge is -2.09. The lowest BCUT2D eigenvalue weighted by Crippen LogP contribution is -1.91. The Hall–Kier alpha value is -2.14. The fraction of sp³-hybridized carbons (Fsp3) is 0.429. The molecule has 2 nitrogen and oxygen atoms in total. The van der Waals surface area contributed by atoms with Crippen LogP contribution in [0, 0.1) is 12.3 Å². The zero-order chi connectivity index (χ0) is 17.2. The maximum absolute atomic E-state index is 10.2. The molecule has 0 aliphatic heterocycles. The first-order valence-corrected chi connectivity index (χ1v) is 8.20. The number of phenols is 2. The number of phenolic OH excluding ortho intramolecular Hbond substituents is 2. The number of allylic oxidation sites excluding steroid dienone is 4. The number of hydrogen-bond donors (Lipinski definition) is 2. The summed E-state index contributed by atoms with van der Waals surface area (Å²) in [6.07, 6.45) is 14.4. The highest BCUT2D eigenvalue weighted by atomic mass is 16.3. The molecule has 23 heavy (non-hydrogen) atoms. The lowest BCUT2D eigenvalue weighted by molar-refractivity contribution is 0.439. The van der Waals surface area contributed by atoms with E-state index in [0.29, 0.717) is 18.4 Å². The van der Waals surface area contributed by atoms with Crippen molar-refractivity contribution < 1.29 is 10.2 Å². The molecule has 2 heteroatoms. The molecule has 124 valence electrons. The van der Waals surface area contributed by atoms with E-state index in [-0.39, 0.29) is 11.5 Å². The second-order valence-corrected chi connectivity index (χ2v) is 6.25. The number of rotatable bonds is 8. The maximum atomic E-state index is 10.2. The van der Waals surface area contributed by atoms with Gasteiger partial charge in [0.1, 0.15) is 11.5 Å². The highest BCUT2D eigenvalue weighted by molar-refractivity contribution is 5.47. The van der Waals surface area contributed by atoms with Crippen LogP contribution < -0.4 is 0 Å². The quantitative estimate of drug-likeness (QED) is 0.389. The van der Waals surface area contributed by atoms with Crippen LogP contribution in [-0.2, 0) is 12.8 Å². The summed E-state index contributed by atoms with van der Waals surface area (Å²) in [5, 5.41) is 20.3. The smallest absolute Gasteiger partial charge is 0.123 e. The molecule has 0 saturated carbocycles. The van der Waals surface area contributed by atoms with E-state index < -0.39 is 0 Å². The summed E-state index contributed by atoms with van der Waals surface area (Å²) in [4.78, 5) is 0. The molecule has 1 aromatic rings. The molecule has 0 heterocycles. The summed E-state index contributed by atoms with van der Waals surface area (Å²) in [7, 11) is 0. The highest BCUT2D eigenvalue weighted by Crippen LogP contribution is 2.30. The standard InChI is InChI=1S/C21H28O2/c1-5-6-7-11-18-14-20(22)19(21(23)15-18)13-12-17(4)10-8-9-16(2)3/h1,9,12,14-15,22-23H,6-8,10-11,13H2,2-4H3/b17-12+. The van der Waals surface area contributed by atoms with Gasteiger partial charge < -0.3 is 10.2 Å². The molecular weight excluding hydrogens is 284 g/mol. The zero-order valence-electron chi connectivity index (χ0n) is 14.5. The molecule has 0 saturated heterocycles. The van der Waals surface area contributed by atoms with Gasteiger partial charge in [0, 0.05) is 12.0 Å². The summed E-state index contributed by atoms with van der Waals surface area (Å²) in [6, 6.07) is 3.47. The van der Waals surface area contributed by atoms with Crippen molar-refractivity contribution in [3.05, 3.63) is 46.6 Å². The second-order valence-electron chi connectivity index (χ2n) is 6.25. The molecule has 0 bridgehead atoms. The van der Waals surface area contributed by atoms with Crippen LogP contribution in [0.4, 0.5) is 0 Å². The van der Waals surface area contributed by atoms with Gasteiger partial charge in [-0.15, -0.1) is 12.3 Å². The first-order valence-electron chi connectivity index (χ1n) is 8.20. The monoisotopic (exact) mass is 312 g/mol. The van der Waals surface area contributed by atoms with Gasteiger partial charge in [0.25, 0.3) is 0 Å². The molecule has 0 amide bonds. The van der Waals surface area contributed by atoms with Gasteiger partial charge in [0.05, 0.1) is 0 Å². The maximum Gasteiger partial charge on any atom is 0.123 e. The van der Waals surface area contributed by atoms with Crippen molar-refractivity contribution in [1.82, 2.24) is 0 Å². The summed E-state index contributed by atoms with van der Waals surface area (Å²) in [5.74, 6) is 2.92. The molecule has 0 aromatic heterocycles. The Morgan fingerprint density at radius 3 is 2.35 bits per heavy atom. The number of unbranched alkanes of at least 4 members (excludes halogenated alkanes) is 1. The van der Waals surface area contributed by atoms with E-state index in [9.17, 15) is 10.2 Å². The van der Waals surface area contributed by atoms with Crippen LogP contribution in [0.5, 0.6) is 11.5 Å². The third kappa shape index (κ3) is 7.10. The van der Waals surface area contributed by atoms with Crippen molar-refractivity contribution in [2.24, 2.45) is 0 Å². The van der Waals surface area contributed by atoms with Crippen LogP contribution >= 0.6 is 0 Å². The number of aromatic hydroxyl groups is 2. The topological polar surface area (TPSA) is 40.5 Å². The average Bonchev–Trinajstić information content (AvgIpc) is 2.46. The second kappa shape index (κ2) is 9.79. The summed E-state index contributed by atoms with van der Waals surface area (Å²) < 4.78 is 0. The van der Waals surface area contributed by atoms with Gasteiger partial charge in [-0.25, -0.2) is 0 Å². The van der Waals surface area contributed by atoms with Crippen LogP contribution in [0.25, 0.3) is 0 Å². The van der Waals surface area contributed by atoms with Gasteiger partial charge in [-0.05, 0) is 70.6 Å². The minimum Gasteiger partial charge on any atom is -0.508 e. The number of terminal acetylenes is 1. The molecule has 0 radical (unpaired) electrons. The molecule has 2 N–H and O–H groups in total. The number of benzene rings is 1. The predicted molar refractivity (Wildman–Crippen MR) is 97.7 cm³/mol. The molecule has 0 spiro atoms. The minimum absolute atomic E-state index is 0.161. The predicted octanol–water partition coefficient (Wildman–Crippen LogP) is 5.29. The van der Waals surface area contributed by atoms with Gasteiger partial charge >= 0.3 is 0 Å². The SMILES string of the molecule is C#CCCCc1cc(O)c(C/C=C(\C)CCC=C(C)C)c(O)c1. The molecule has 0 unspecified atom stereocenters. The van der Waals surface area contributed by atoms with Crippen molar-refractivity contribution in [3.63, 3.8) is 0 Å². The van der Waals surface area contributed by atoms with Gasteiger partial charge in [0.15, 0.2) is 0 Å². The van der Waals surface area contributed by atoms with Crippen LogP contribution in [0.3, 0.4) is 0 Å². The Bertz CT molecular complexity index is 588. The van der Waals surface area contributed by atoms with Gasteiger partial charge in [-0.3, -0.25) is 0 Å². The molecule has 1 rings (SSSR count). The summed E-state index contributed by atoms with van der Waals surface area (Å²) in [5.41, 5.74) is 4.10. The van der Waals surface area contributed by atoms with Crippen LogP contribution in [0.2, 0.25) is 0 Å². The zero-order valence-corrected chi connectivity index (χ0v) is 14.5. The van der Waals surface area contributed by atoms with E-state index in [1.54, 1.807) is 12.1 Å². The fourth-order valence-corrected chi connectivity index (χ4v) is 2.41. The van der Waals surface area contributed by atoms with Crippen molar-refractivity contribution >= 4 is 0 Å². The minimum atomic E-state index is 0.161. The van der Waals surface area contributed by atoms with Gasteiger partial charge in [0.2, 0.25) is 0 Å². The summed E-state index contributed by atoms with van der Waals surface area (Å²) in [6.45, 7) is 6.28. The van der Waals surface area contributed by atoms with E-state index in [0.717, 1.165) is 31.2 Å². The Balaban J connectivity index is 2.70. The molecular formula is C21H28O2. The van der Waals surface area contributed by atoms with Crippen molar-refractivity contribution in [2.75, 3.05) is 0 Å². The molecule has 0 aliphatic rings. The van der Waals surface area contributed by atoms with Crippen molar-refractivity contribution in [3.8, 4) is 23.8 Å². The Morgan fingerprint density at radius 2 is 1.78 bits per heavy atom. The van der Waals surface area contributed by atoms with Gasteiger partial charge in [-0.1, -0.05) is 23.3 Å².